The third-order valence-corrected chi connectivity index (χ3v) is 4.73. The number of carbonyl (C=O) groups is 1. The van der Waals surface area contributed by atoms with Gasteiger partial charge in [-0.3, -0.25) is 4.79 Å². The molecule has 126 valence electrons. The van der Waals surface area contributed by atoms with Crippen molar-refractivity contribution < 1.29 is 4.79 Å². The van der Waals surface area contributed by atoms with Crippen LogP contribution in [0.5, 0.6) is 0 Å². The van der Waals surface area contributed by atoms with Crippen LogP contribution in [0.15, 0.2) is 48.5 Å². The lowest BCUT2D eigenvalue weighted by molar-refractivity contribution is 0.102. The summed E-state index contributed by atoms with van der Waals surface area (Å²) in [4.78, 5) is 12.7. The number of carbonyl (C=O) groups excluding carboxylic acids is 1. The number of amides is 1. The summed E-state index contributed by atoms with van der Waals surface area (Å²) in [6.45, 7) is 0. The van der Waals surface area contributed by atoms with Gasteiger partial charge in [0.15, 0.2) is 5.82 Å². The molecule has 1 fully saturated rings. The molecule has 6 heteroatoms. The minimum Gasteiger partial charge on any atom is -0.322 e. The Balaban J connectivity index is 1.53. The summed E-state index contributed by atoms with van der Waals surface area (Å²) in [5.74, 6) is 1.11. The quantitative estimate of drug-likeness (QED) is 0.750. The molecule has 1 aliphatic carbocycles. The van der Waals surface area contributed by atoms with Crippen LogP contribution in [0.4, 0.5) is 5.69 Å². The van der Waals surface area contributed by atoms with E-state index in [-0.39, 0.29) is 5.91 Å². The summed E-state index contributed by atoms with van der Waals surface area (Å²) in [6.07, 6.45) is 4.23. The smallest absolute Gasteiger partial charge is 0.255 e. The zero-order valence-corrected chi connectivity index (χ0v) is 13.8. The maximum absolute atomic E-state index is 12.7. The molecule has 0 atom stereocenters. The molecule has 2 N–H and O–H groups in total. The molecular formula is C19H19N5O. The fourth-order valence-corrected chi connectivity index (χ4v) is 3.09. The van der Waals surface area contributed by atoms with E-state index in [1.807, 2.05) is 42.5 Å². The lowest BCUT2D eigenvalue weighted by Crippen LogP contribution is -2.15. The Labute approximate surface area is 145 Å². The van der Waals surface area contributed by atoms with Gasteiger partial charge in [-0.15, -0.1) is 10.2 Å². The molecule has 1 heterocycles. The summed E-state index contributed by atoms with van der Waals surface area (Å²) in [6, 6.07) is 15.6. The van der Waals surface area contributed by atoms with Crippen LogP contribution in [0.1, 0.15) is 52.5 Å². The molecule has 2 aromatic carbocycles. The standard InChI is InChI=1S/C19H19N5O/c25-19(16-9-4-8-14(11-16)13-6-3-7-13)20-17-10-2-1-5-15(17)12-18-21-23-24-22-18/h1-2,4-5,8-11,13H,3,6-7,12H2,(H,20,25)(H,21,22,23,24). The van der Waals surface area contributed by atoms with Crippen molar-refractivity contribution in [2.45, 2.75) is 31.6 Å². The normalized spacial score (nSPS) is 14.1. The van der Waals surface area contributed by atoms with Crippen LogP contribution in [0.3, 0.4) is 0 Å². The number of aromatic nitrogens is 4. The van der Waals surface area contributed by atoms with Gasteiger partial charge in [-0.05, 0) is 48.1 Å². The van der Waals surface area contributed by atoms with Crippen molar-refractivity contribution >= 4 is 11.6 Å². The van der Waals surface area contributed by atoms with E-state index in [1.165, 1.54) is 24.8 Å². The maximum Gasteiger partial charge on any atom is 0.255 e. The predicted octanol–water partition coefficient (Wildman–Crippen LogP) is 3.31. The Bertz CT molecular complexity index is 871. The van der Waals surface area contributed by atoms with Crippen molar-refractivity contribution in [1.29, 1.82) is 0 Å². The fourth-order valence-electron chi connectivity index (χ4n) is 3.09. The van der Waals surface area contributed by atoms with Gasteiger partial charge in [0, 0.05) is 17.7 Å². The van der Waals surface area contributed by atoms with E-state index in [2.05, 4.69) is 32.0 Å². The minimum atomic E-state index is -0.0956. The molecule has 1 saturated carbocycles. The van der Waals surface area contributed by atoms with Crippen molar-refractivity contribution in [3.05, 3.63) is 71.0 Å². The number of rotatable bonds is 5. The van der Waals surface area contributed by atoms with Crippen LogP contribution in [0.2, 0.25) is 0 Å². The average molecular weight is 333 g/mol. The van der Waals surface area contributed by atoms with E-state index in [4.69, 9.17) is 0 Å². The first-order valence-electron chi connectivity index (χ1n) is 8.51. The first kappa shape index (κ1) is 15.5. The molecule has 1 amide bonds. The third-order valence-electron chi connectivity index (χ3n) is 4.73. The van der Waals surface area contributed by atoms with Crippen molar-refractivity contribution in [2.24, 2.45) is 0 Å². The number of para-hydroxylation sites is 1. The second-order valence-electron chi connectivity index (χ2n) is 6.37. The number of anilines is 1. The summed E-state index contributed by atoms with van der Waals surface area (Å²) >= 11 is 0. The number of aromatic amines is 1. The van der Waals surface area contributed by atoms with Gasteiger partial charge in [0.05, 0.1) is 0 Å². The number of benzene rings is 2. The first-order valence-corrected chi connectivity index (χ1v) is 8.51. The van der Waals surface area contributed by atoms with Gasteiger partial charge in [-0.1, -0.05) is 42.0 Å². The molecule has 0 spiro atoms. The summed E-state index contributed by atoms with van der Waals surface area (Å²) in [5.41, 5.74) is 3.68. The zero-order valence-electron chi connectivity index (χ0n) is 13.8. The van der Waals surface area contributed by atoms with Gasteiger partial charge >= 0.3 is 0 Å². The molecule has 3 aromatic rings. The molecule has 4 rings (SSSR count). The Morgan fingerprint density at radius 1 is 1.16 bits per heavy atom. The molecule has 1 aliphatic rings. The minimum absolute atomic E-state index is 0.0956. The number of tetrazole rings is 1. The number of hydrogen-bond donors (Lipinski definition) is 2. The van der Waals surface area contributed by atoms with E-state index in [1.54, 1.807) is 0 Å². The summed E-state index contributed by atoms with van der Waals surface area (Å²) < 4.78 is 0. The monoisotopic (exact) mass is 333 g/mol. The lowest BCUT2D eigenvalue weighted by atomic mass is 9.79. The van der Waals surface area contributed by atoms with Crippen molar-refractivity contribution in [2.75, 3.05) is 5.32 Å². The molecule has 0 saturated heterocycles. The Morgan fingerprint density at radius 2 is 2.04 bits per heavy atom. The van der Waals surface area contributed by atoms with Gasteiger partial charge in [0.1, 0.15) is 0 Å². The number of nitrogens with zero attached hydrogens (tertiary/aromatic N) is 3. The largest absolute Gasteiger partial charge is 0.322 e. The molecule has 0 unspecified atom stereocenters. The van der Waals surface area contributed by atoms with Gasteiger partial charge in [0.25, 0.3) is 5.91 Å². The second kappa shape index (κ2) is 6.84. The van der Waals surface area contributed by atoms with Gasteiger partial charge in [0.2, 0.25) is 0 Å². The highest BCUT2D eigenvalue weighted by atomic mass is 16.1. The highest BCUT2D eigenvalue weighted by Gasteiger charge is 2.20. The summed E-state index contributed by atoms with van der Waals surface area (Å²) in [5, 5.41) is 17.0. The van der Waals surface area contributed by atoms with Crippen LogP contribution in [0, 0.1) is 0 Å². The van der Waals surface area contributed by atoms with Crippen LogP contribution in [-0.2, 0) is 6.42 Å². The van der Waals surface area contributed by atoms with Crippen molar-refractivity contribution in [3.63, 3.8) is 0 Å². The third kappa shape index (κ3) is 3.42. The molecule has 6 nitrogen and oxygen atoms in total. The van der Waals surface area contributed by atoms with E-state index < -0.39 is 0 Å². The first-order chi connectivity index (χ1) is 12.3. The number of hydrogen-bond acceptors (Lipinski definition) is 4. The van der Waals surface area contributed by atoms with Crippen molar-refractivity contribution in [3.8, 4) is 0 Å². The molecule has 25 heavy (non-hydrogen) atoms. The molecule has 1 aromatic heterocycles. The van der Waals surface area contributed by atoms with Crippen LogP contribution in [-0.4, -0.2) is 26.5 Å². The summed E-state index contributed by atoms with van der Waals surface area (Å²) in [7, 11) is 0. The van der Waals surface area contributed by atoms with E-state index in [9.17, 15) is 4.79 Å². The zero-order chi connectivity index (χ0) is 17.1. The van der Waals surface area contributed by atoms with Crippen LogP contribution >= 0.6 is 0 Å². The second-order valence-corrected chi connectivity index (χ2v) is 6.37. The Kier molecular flexibility index (Phi) is 4.24. The van der Waals surface area contributed by atoms with Gasteiger partial charge < -0.3 is 5.32 Å². The van der Waals surface area contributed by atoms with Crippen molar-refractivity contribution in [1.82, 2.24) is 20.6 Å². The molecular weight excluding hydrogens is 314 g/mol. The fraction of sp³-hybridized carbons (Fsp3) is 0.263. The molecule has 0 bridgehead atoms. The van der Waals surface area contributed by atoms with E-state index in [0.717, 1.165) is 11.3 Å². The lowest BCUT2D eigenvalue weighted by Gasteiger charge is -2.26. The van der Waals surface area contributed by atoms with Crippen LogP contribution in [0.25, 0.3) is 0 Å². The topological polar surface area (TPSA) is 83.6 Å². The van der Waals surface area contributed by atoms with Gasteiger partial charge in [-0.25, -0.2) is 0 Å². The SMILES string of the molecule is O=C(Nc1ccccc1Cc1nn[nH]n1)c1cccc(C2CCC2)c1. The Hall–Kier alpha value is -3.02. The molecule has 0 aliphatic heterocycles. The number of nitrogens with one attached hydrogen (secondary N) is 2. The predicted molar refractivity (Wildman–Crippen MR) is 94.4 cm³/mol. The van der Waals surface area contributed by atoms with Gasteiger partial charge in [-0.2, -0.15) is 5.21 Å². The highest BCUT2D eigenvalue weighted by Crippen LogP contribution is 2.36. The van der Waals surface area contributed by atoms with Crippen LogP contribution < -0.4 is 5.32 Å². The average Bonchev–Trinajstić information content (AvgIpc) is 3.08. The van der Waals surface area contributed by atoms with E-state index >= 15 is 0 Å². The molecule has 0 radical (unpaired) electrons. The number of H-pyrrole nitrogens is 1. The highest BCUT2D eigenvalue weighted by molar-refractivity contribution is 6.04. The Morgan fingerprint density at radius 3 is 2.80 bits per heavy atom. The maximum atomic E-state index is 12.7. The van der Waals surface area contributed by atoms with E-state index in [0.29, 0.717) is 23.7 Å².